The average molecular weight is 488 g/mol. The van der Waals surface area contributed by atoms with Crippen LogP contribution >= 0.6 is 0 Å². The van der Waals surface area contributed by atoms with E-state index in [0.717, 1.165) is 55.2 Å². The molecule has 2 aromatic carbocycles. The molecule has 8 heteroatoms. The molecule has 3 aromatic rings. The highest BCUT2D eigenvalue weighted by atomic mass is 16.5. The van der Waals surface area contributed by atoms with Crippen molar-refractivity contribution in [2.75, 3.05) is 19.7 Å². The van der Waals surface area contributed by atoms with Crippen LogP contribution in [0.4, 0.5) is 0 Å². The third-order valence-corrected chi connectivity index (χ3v) is 7.03. The Bertz CT molecular complexity index is 1350. The van der Waals surface area contributed by atoms with E-state index in [1.165, 1.54) is 11.0 Å². The summed E-state index contributed by atoms with van der Waals surface area (Å²) in [7, 11) is 0. The Labute approximate surface area is 209 Å². The van der Waals surface area contributed by atoms with Crippen LogP contribution in [-0.4, -0.2) is 41.5 Å². The van der Waals surface area contributed by atoms with E-state index in [9.17, 15) is 14.7 Å². The van der Waals surface area contributed by atoms with E-state index >= 15 is 0 Å². The minimum absolute atomic E-state index is 0.0877. The molecule has 1 amide bonds. The van der Waals surface area contributed by atoms with Gasteiger partial charge in [-0.3, -0.25) is 9.59 Å². The van der Waals surface area contributed by atoms with Crippen molar-refractivity contribution in [1.29, 1.82) is 0 Å². The molecule has 3 N–H and O–H groups in total. The maximum absolute atomic E-state index is 12.3. The first kappa shape index (κ1) is 23.8. The standard InChI is InChI=1S/C28H30N4O4/c1-2-36-26-11-10-19(14-29-30-28(35)23-6-3-4-8-25(23)33)12-22(26)18-31-15-20-13-21(17-31)24-7-5-9-27(34)32(24)16-20/h3-12,14,20-21,33H,2,13,15-18H2,1H3,(H,30,35)/p+1. The maximum atomic E-state index is 12.3. The van der Waals surface area contributed by atoms with Gasteiger partial charge in [-0.25, -0.2) is 5.43 Å². The highest BCUT2D eigenvalue weighted by molar-refractivity contribution is 5.97. The lowest BCUT2D eigenvalue weighted by atomic mass is 9.83. The molecular formula is C28H31N4O4+. The molecule has 0 aliphatic carbocycles. The number of benzene rings is 2. The number of pyridine rings is 1. The van der Waals surface area contributed by atoms with Crippen molar-refractivity contribution in [3.63, 3.8) is 0 Å². The summed E-state index contributed by atoms with van der Waals surface area (Å²) in [6, 6.07) is 17.9. The van der Waals surface area contributed by atoms with Crippen LogP contribution in [0, 0.1) is 5.92 Å². The van der Waals surface area contributed by atoms with Gasteiger partial charge in [0.15, 0.2) is 0 Å². The van der Waals surface area contributed by atoms with Gasteiger partial charge in [0.05, 0.1) is 31.5 Å². The third-order valence-electron chi connectivity index (χ3n) is 7.03. The fraction of sp³-hybridized carbons (Fsp3) is 0.321. The second kappa shape index (κ2) is 10.4. The first-order valence-corrected chi connectivity index (χ1v) is 12.4. The predicted octanol–water partition coefficient (Wildman–Crippen LogP) is 1.92. The molecule has 2 bridgehead atoms. The number of aromatic hydroxyl groups is 1. The summed E-state index contributed by atoms with van der Waals surface area (Å²) >= 11 is 0. The number of hydrogen-bond donors (Lipinski definition) is 3. The van der Waals surface area contributed by atoms with Gasteiger partial charge in [-0.1, -0.05) is 18.2 Å². The number of carbonyl (C=O) groups excluding carboxylic acids is 1. The van der Waals surface area contributed by atoms with Crippen LogP contribution in [0.15, 0.2) is 70.6 Å². The summed E-state index contributed by atoms with van der Waals surface area (Å²) < 4.78 is 7.87. The molecule has 36 heavy (non-hydrogen) atoms. The molecule has 0 spiro atoms. The molecule has 3 unspecified atom stereocenters. The Balaban J connectivity index is 1.31. The summed E-state index contributed by atoms with van der Waals surface area (Å²) in [6.45, 7) is 6.13. The van der Waals surface area contributed by atoms with Crippen LogP contribution in [0.5, 0.6) is 11.5 Å². The lowest BCUT2D eigenvalue weighted by Gasteiger charge is -2.40. The molecule has 186 valence electrons. The molecule has 8 nitrogen and oxygen atoms in total. The lowest BCUT2D eigenvalue weighted by molar-refractivity contribution is -0.924. The number of hydrogen-bond acceptors (Lipinski definition) is 5. The SMILES string of the molecule is CCOc1ccc(C=NNC(=O)c2ccccc2O)cc1C[NH+]1CC2CC(C1)c1cccc(=O)n1C2. The molecule has 1 fully saturated rings. The number of carbonyl (C=O) groups is 1. The second-order valence-corrected chi connectivity index (χ2v) is 9.55. The molecule has 1 aromatic heterocycles. The third kappa shape index (κ3) is 5.04. The number of phenols is 1. The van der Waals surface area contributed by atoms with Crippen LogP contribution in [-0.2, 0) is 13.1 Å². The van der Waals surface area contributed by atoms with Crippen molar-refractivity contribution >= 4 is 12.1 Å². The number of para-hydroxylation sites is 1. The van der Waals surface area contributed by atoms with Crippen LogP contribution < -0.4 is 20.6 Å². The molecule has 5 rings (SSSR count). The van der Waals surface area contributed by atoms with Gasteiger partial charge in [-0.15, -0.1) is 0 Å². The quantitative estimate of drug-likeness (QED) is 0.350. The molecular weight excluding hydrogens is 456 g/mol. The number of fused-ring (bicyclic) bond motifs is 4. The van der Waals surface area contributed by atoms with Gasteiger partial charge < -0.3 is 19.3 Å². The summed E-state index contributed by atoms with van der Waals surface area (Å²) in [5.41, 5.74) is 5.84. The highest BCUT2D eigenvalue weighted by Gasteiger charge is 2.37. The van der Waals surface area contributed by atoms with Crippen molar-refractivity contribution < 1.29 is 19.5 Å². The Morgan fingerprint density at radius 1 is 1.19 bits per heavy atom. The summed E-state index contributed by atoms with van der Waals surface area (Å²) in [4.78, 5) is 26.1. The summed E-state index contributed by atoms with van der Waals surface area (Å²) in [6.07, 6.45) is 2.73. The smallest absolute Gasteiger partial charge is 0.275 e. The first-order valence-electron chi connectivity index (χ1n) is 12.4. The van der Waals surface area contributed by atoms with Crippen LogP contribution in [0.3, 0.4) is 0 Å². The molecule has 2 aliphatic rings. The number of nitrogens with zero attached hydrogens (tertiary/aromatic N) is 2. The fourth-order valence-corrected chi connectivity index (χ4v) is 5.54. The van der Waals surface area contributed by atoms with Gasteiger partial charge >= 0.3 is 0 Å². The monoisotopic (exact) mass is 487 g/mol. The Hall–Kier alpha value is -3.91. The number of amides is 1. The largest absolute Gasteiger partial charge is 0.507 e. The summed E-state index contributed by atoms with van der Waals surface area (Å²) in [5, 5.41) is 13.9. The molecule has 2 aliphatic heterocycles. The van der Waals surface area contributed by atoms with Crippen LogP contribution in [0.2, 0.25) is 0 Å². The van der Waals surface area contributed by atoms with E-state index in [2.05, 4.69) is 22.7 Å². The maximum Gasteiger partial charge on any atom is 0.275 e. The number of ether oxygens (including phenoxy) is 1. The Morgan fingerprint density at radius 3 is 2.89 bits per heavy atom. The van der Waals surface area contributed by atoms with E-state index in [-0.39, 0.29) is 16.9 Å². The van der Waals surface area contributed by atoms with E-state index in [1.54, 1.807) is 30.5 Å². The van der Waals surface area contributed by atoms with Gasteiger partial charge in [0.1, 0.15) is 18.0 Å². The number of piperidine rings is 1. The van der Waals surface area contributed by atoms with E-state index < -0.39 is 5.91 Å². The predicted molar refractivity (Wildman–Crippen MR) is 137 cm³/mol. The number of nitrogens with one attached hydrogen (secondary N) is 2. The van der Waals surface area contributed by atoms with Crippen molar-refractivity contribution in [3.8, 4) is 11.5 Å². The van der Waals surface area contributed by atoms with E-state index in [4.69, 9.17) is 4.74 Å². The summed E-state index contributed by atoms with van der Waals surface area (Å²) in [5.74, 6) is 1.16. The zero-order valence-electron chi connectivity index (χ0n) is 20.3. The van der Waals surface area contributed by atoms with Crippen molar-refractivity contribution in [1.82, 2.24) is 9.99 Å². The molecule has 3 heterocycles. The van der Waals surface area contributed by atoms with Gasteiger partial charge in [-0.2, -0.15) is 5.10 Å². The number of quaternary nitrogens is 1. The number of phenolic OH excluding ortho intramolecular Hbond substituents is 1. The van der Waals surface area contributed by atoms with E-state index in [0.29, 0.717) is 18.4 Å². The number of aromatic nitrogens is 1. The van der Waals surface area contributed by atoms with Gasteiger partial charge in [0.25, 0.3) is 11.5 Å². The van der Waals surface area contributed by atoms with Crippen LogP contribution in [0.1, 0.15) is 46.4 Å². The molecule has 0 saturated carbocycles. The normalized spacial score (nSPS) is 20.6. The van der Waals surface area contributed by atoms with Crippen molar-refractivity contribution in [2.24, 2.45) is 11.0 Å². The molecule has 3 atom stereocenters. The number of hydrazone groups is 1. The Morgan fingerprint density at radius 2 is 2.06 bits per heavy atom. The number of likely N-dealkylation sites (tertiary alicyclic amines) is 1. The second-order valence-electron chi connectivity index (χ2n) is 9.55. The molecule has 1 saturated heterocycles. The average Bonchev–Trinajstić information content (AvgIpc) is 2.86. The minimum Gasteiger partial charge on any atom is -0.507 e. The zero-order chi connectivity index (χ0) is 25.1. The molecule has 0 radical (unpaired) electrons. The van der Waals surface area contributed by atoms with E-state index in [1.807, 2.05) is 29.7 Å². The van der Waals surface area contributed by atoms with Crippen LogP contribution in [0.25, 0.3) is 0 Å². The minimum atomic E-state index is -0.473. The van der Waals surface area contributed by atoms with Gasteiger partial charge in [-0.05, 0) is 55.3 Å². The van der Waals surface area contributed by atoms with Gasteiger partial charge in [0.2, 0.25) is 0 Å². The first-order chi connectivity index (χ1) is 17.5. The fourth-order valence-electron chi connectivity index (χ4n) is 5.54. The topological polar surface area (TPSA) is 97.4 Å². The number of rotatable bonds is 7. The van der Waals surface area contributed by atoms with Crippen molar-refractivity contribution in [3.05, 3.63) is 93.4 Å². The zero-order valence-corrected chi connectivity index (χ0v) is 20.3. The van der Waals surface area contributed by atoms with Gasteiger partial charge in [0, 0.05) is 35.7 Å². The lowest BCUT2D eigenvalue weighted by Crippen LogP contribution is -3.13. The highest BCUT2D eigenvalue weighted by Crippen LogP contribution is 2.30. The van der Waals surface area contributed by atoms with Crippen molar-refractivity contribution in [2.45, 2.75) is 32.4 Å². The Kier molecular flexibility index (Phi) is 6.86.